The molecule has 0 radical (unpaired) electrons. The maximum atomic E-state index is 12.5. The van der Waals surface area contributed by atoms with E-state index in [1.54, 1.807) is 18.5 Å². The van der Waals surface area contributed by atoms with Gasteiger partial charge in [0.05, 0.1) is 6.04 Å². The third kappa shape index (κ3) is 2.36. The lowest BCUT2D eigenvalue weighted by Crippen LogP contribution is -2.29. The highest BCUT2D eigenvalue weighted by atomic mass is 16.2. The lowest BCUT2D eigenvalue weighted by atomic mass is 10.2. The number of nitrogens with zero attached hydrogens (tertiary/aromatic N) is 5. The molecule has 0 spiro atoms. The Morgan fingerprint density at radius 3 is 2.87 bits per heavy atom. The number of pyridine rings is 2. The van der Waals surface area contributed by atoms with Gasteiger partial charge in [-0.05, 0) is 37.6 Å². The third-order valence-electron chi connectivity index (χ3n) is 4.32. The van der Waals surface area contributed by atoms with Crippen molar-refractivity contribution in [2.24, 2.45) is 0 Å². The van der Waals surface area contributed by atoms with E-state index in [2.05, 4.69) is 19.5 Å². The number of carbonyl (C=O) groups is 1. The van der Waals surface area contributed by atoms with Crippen LogP contribution in [0.4, 0.5) is 0 Å². The molecule has 116 valence electrons. The predicted molar refractivity (Wildman–Crippen MR) is 86.1 cm³/mol. The van der Waals surface area contributed by atoms with Gasteiger partial charge in [-0.25, -0.2) is 9.97 Å². The molecule has 3 aromatic rings. The van der Waals surface area contributed by atoms with Gasteiger partial charge in [0.25, 0.3) is 5.91 Å². The first-order chi connectivity index (χ1) is 11.2. The van der Waals surface area contributed by atoms with Crippen molar-refractivity contribution in [1.82, 2.24) is 24.4 Å². The molecule has 1 aliphatic rings. The minimum Gasteiger partial charge on any atom is -0.335 e. The van der Waals surface area contributed by atoms with Crippen LogP contribution in [0.15, 0.2) is 42.7 Å². The number of aromatic nitrogens is 4. The first kappa shape index (κ1) is 13.9. The summed E-state index contributed by atoms with van der Waals surface area (Å²) in [5.41, 5.74) is 2.29. The summed E-state index contributed by atoms with van der Waals surface area (Å²) in [4.78, 5) is 27.6. The first-order valence-electron chi connectivity index (χ1n) is 7.74. The highest BCUT2D eigenvalue weighted by Gasteiger charge is 2.30. The van der Waals surface area contributed by atoms with Gasteiger partial charge in [-0.3, -0.25) is 9.78 Å². The van der Waals surface area contributed by atoms with Crippen LogP contribution in [-0.2, 0) is 0 Å². The normalized spacial score (nSPS) is 17.8. The molecule has 1 fully saturated rings. The van der Waals surface area contributed by atoms with Gasteiger partial charge in [0, 0.05) is 25.5 Å². The van der Waals surface area contributed by atoms with E-state index in [9.17, 15) is 4.79 Å². The van der Waals surface area contributed by atoms with Gasteiger partial charge in [0.2, 0.25) is 0 Å². The topological polar surface area (TPSA) is 63.9 Å². The summed E-state index contributed by atoms with van der Waals surface area (Å²) in [5, 5.41) is 0. The monoisotopic (exact) mass is 307 g/mol. The molecule has 4 heterocycles. The summed E-state index contributed by atoms with van der Waals surface area (Å²) in [7, 11) is 0. The van der Waals surface area contributed by atoms with Crippen LogP contribution in [0, 0.1) is 6.92 Å². The second-order valence-corrected chi connectivity index (χ2v) is 5.78. The fourth-order valence-corrected chi connectivity index (χ4v) is 3.27. The van der Waals surface area contributed by atoms with Gasteiger partial charge in [-0.1, -0.05) is 6.07 Å². The van der Waals surface area contributed by atoms with Gasteiger partial charge < -0.3 is 9.47 Å². The number of fused-ring (bicyclic) bond motifs is 1. The summed E-state index contributed by atoms with van der Waals surface area (Å²) in [5.74, 6) is 0.930. The highest BCUT2D eigenvalue weighted by molar-refractivity contribution is 5.92. The van der Waals surface area contributed by atoms with E-state index >= 15 is 0 Å². The van der Waals surface area contributed by atoms with E-state index in [4.69, 9.17) is 0 Å². The molecule has 0 N–H and O–H groups in total. The van der Waals surface area contributed by atoms with Crippen molar-refractivity contribution in [3.8, 4) is 0 Å². The van der Waals surface area contributed by atoms with Gasteiger partial charge in [0.15, 0.2) is 5.65 Å². The Labute approximate surface area is 133 Å². The zero-order valence-corrected chi connectivity index (χ0v) is 12.9. The van der Waals surface area contributed by atoms with Crippen molar-refractivity contribution >= 4 is 17.1 Å². The lowest BCUT2D eigenvalue weighted by molar-refractivity contribution is 0.0782. The lowest BCUT2D eigenvalue weighted by Gasteiger charge is -2.17. The number of rotatable bonds is 2. The quantitative estimate of drug-likeness (QED) is 0.728. The highest BCUT2D eigenvalue weighted by Crippen LogP contribution is 2.27. The number of hydrogen-bond acceptors (Lipinski definition) is 4. The summed E-state index contributed by atoms with van der Waals surface area (Å²) in [6, 6.07) is 9.49. The molecule has 0 bridgehead atoms. The van der Waals surface area contributed by atoms with Gasteiger partial charge in [-0.2, -0.15) is 0 Å². The van der Waals surface area contributed by atoms with Crippen LogP contribution < -0.4 is 0 Å². The number of hydrogen-bond donors (Lipinski definition) is 0. The SMILES string of the molecule is Cc1nc2cccnc2n1C1CCN(C(=O)c2ccccn2)C1. The first-order valence-corrected chi connectivity index (χ1v) is 7.74. The molecule has 1 atom stereocenters. The fourth-order valence-electron chi connectivity index (χ4n) is 3.27. The second kappa shape index (κ2) is 5.46. The van der Waals surface area contributed by atoms with E-state index in [1.165, 1.54) is 0 Å². The smallest absolute Gasteiger partial charge is 0.272 e. The van der Waals surface area contributed by atoms with E-state index in [0.717, 1.165) is 30.0 Å². The van der Waals surface area contributed by atoms with Crippen LogP contribution in [-0.4, -0.2) is 43.4 Å². The Balaban J connectivity index is 1.61. The van der Waals surface area contributed by atoms with E-state index < -0.39 is 0 Å². The molecule has 1 unspecified atom stereocenters. The molecule has 4 rings (SSSR count). The Hall–Kier alpha value is -2.76. The molecular formula is C17H17N5O. The maximum Gasteiger partial charge on any atom is 0.272 e. The summed E-state index contributed by atoms with van der Waals surface area (Å²) >= 11 is 0. The van der Waals surface area contributed by atoms with Gasteiger partial charge in [-0.15, -0.1) is 0 Å². The summed E-state index contributed by atoms with van der Waals surface area (Å²) < 4.78 is 2.15. The number of carbonyl (C=O) groups excluding carboxylic acids is 1. The molecule has 3 aromatic heterocycles. The maximum absolute atomic E-state index is 12.5. The van der Waals surface area contributed by atoms with Crippen LogP contribution in [0.1, 0.15) is 28.8 Å². The molecule has 6 nitrogen and oxygen atoms in total. The molecule has 6 heteroatoms. The van der Waals surface area contributed by atoms with Crippen molar-refractivity contribution in [2.45, 2.75) is 19.4 Å². The van der Waals surface area contributed by atoms with Crippen LogP contribution in [0.25, 0.3) is 11.2 Å². The Morgan fingerprint density at radius 2 is 2.04 bits per heavy atom. The Morgan fingerprint density at radius 1 is 1.17 bits per heavy atom. The van der Waals surface area contributed by atoms with E-state index in [0.29, 0.717) is 12.2 Å². The van der Waals surface area contributed by atoms with Crippen molar-refractivity contribution in [2.75, 3.05) is 13.1 Å². The minimum absolute atomic E-state index is 0.0110. The summed E-state index contributed by atoms with van der Waals surface area (Å²) in [6.45, 7) is 3.38. The largest absolute Gasteiger partial charge is 0.335 e. The number of likely N-dealkylation sites (tertiary alicyclic amines) is 1. The molecule has 0 aromatic carbocycles. The molecular weight excluding hydrogens is 290 g/mol. The van der Waals surface area contributed by atoms with Crippen LogP contribution in [0.3, 0.4) is 0 Å². The molecule has 1 saturated heterocycles. The molecule has 1 aliphatic heterocycles. The predicted octanol–water partition coefficient (Wildman–Crippen LogP) is 2.22. The molecule has 0 saturated carbocycles. The Bertz CT molecular complexity index is 858. The zero-order valence-electron chi connectivity index (χ0n) is 12.9. The number of imidazole rings is 1. The molecule has 1 amide bonds. The van der Waals surface area contributed by atoms with Gasteiger partial charge in [0.1, 0.15) is 17.0 Å². The van der Waals surface area contributed by atoms with Crippen molar-refractivity contribution in [3.05, 3.63) is 54.2 Å². The number of amides is 1. The second-order valence-electron chi connectivity index (χ2n) is 5.78. The van der Waals surface area contributed by atoms with E-state index in [1.807, 2.05) is 36.1 Å². The van der Waals surface area contributed by atoms with Crippen molar-refractivity contribution in [3.63, 3.8) is 0 Å². The standard InChI is InChI=1S/C17H17N5O/c1-12-20-14-6-4-9-19-16(14)22(12)13-7-10-21(11-13)17(23)15-5-2-3-8-18-15/h2-6,8-9,13H,7,10-11H2,1H3. The third-order valence-corrected chi connectivity index (χ3v) is 4.32. The number of aryl methyl sites for hydroxylation is 1. The van der Waals surface area contributed by atoms with Crippen LogP contribution in [0.2, 0.25) is 0 Å². The Kier molecular flexibility index (Phi) is 3.29. The van der Waals surface area contributed by atoms with Crippen molar-refractivity contribution in [1.29, 1.82) is 0 Å². The average molecular weight is 307 g/mol. The fraction of sp³-hybridized carbons (Fsp3) is 0.294. The molecule has 23 heavy (non-hydrogen) atoms. The van der Waals surface area contributed by atoms with Gasteiger partial charge >= 0.3 is 0 Å². The minimum atomic E-state index is -0.0110. The average Bonchev–Trinajstić information content (AvgIpc) is 3.18. The van der Waals surface area contributed by atoms with Crippen LogP contribution >= 0.6 is 0 Å². The van der Waals surface area contributed by atoms with E-state index in [-0.39, 0.29) is 11.9 Å². The van der Waals surface area contributed by atoms with Crippen LogP contribution in [0.5, 0.6) is 0 Å². The van der Waals surface area contributed by atoms with Crippen molar-refractivity contribution < 1.29 is 4.79 Å². The zero-order chi connectivity index (χ0) is 15.8. The molecule has 0 aliphatic carbocycles. The summed E-state index contributed by atoms with van der Waals surface area (Å²) in [6.07, 6.45) is 4.34.